The summed E-state index contributed by atoms with van der Waals surface area (Å²) < 4.78 is 18.8. The molecule has 3 aromatic rings. The Morgan fingerprint density at radius 2 is 1.88 bits per heavy atom. The van der Waals surface area contributed by atoms with E-state index in [-0.39, 0.29) is 5.82 Å². The molecule has 0 aliphatic carbocycles. The predicted octanol–water partition coefficient (Wildman–Crippen LogP) is 5.20. The van der Waals surface area contributed by atoms with E-state index in [1.165, 1.54) is 24.2 Å². The lowest BCUT2D eigenvalue weighted by atomic mass is 10.1. The molecular weight excluding hydrogens is 441 g/mol. The lowest BCUT2D eigenvalue weighted by Crippen LogP contribution is -2.28. The molecule has 1 aromatic heterocycles. The van der Waals surface area contributed by atoms with Crippen molar-refractivity contribution in [2.24, 2.45) is 0 Å². The highest BCUT2D eigenvalue weighted by atomic mass is 32.2. The average molecular weight is 470 g/mol. The highest BCUT2D eigenvalue weighted by molar-refractivity contribution is 8.01. The van der Waals surface area contributed by atoms with Gasteiger partial charge < -0.3 is 14.7 Å². The van der Waals surface area contributed by atoms with Gasteiger partial charge in [-0.05, 0) is 50.6 Å². The second-order valence-electron chi connectivity index (χ2n) is 8.22. The van der Waals surface area contributed by atoms with Crippen LogP contribution in [0.25, 0.3) is 11.3 Å². The molecule has 2 aromatic carbocycles. The van der Waals surface area contributed by atoms with E-state index < -0.39 is 10.7 Å². The third kappa shape index (κ3) is 6.52. The van der Waals surface area contributed by atoms with Crippen LogP contribution in [0.5, 0.6) is 0 Å². The number of thioether (sulfide) groups is 1. The Kier molecular flexibility index (Phi) is 8.05. The fourth-order valence-electron chi connectivity index (χ4n) is 3.20. The quantitative estimate of drug-likeness (QED) is 0.409. The number of halogens is 1. The van der Waals surface area contributed by atoms with Crippen LogP contribution in [0.1, 0.15) is 25.0 Å². The highest BCUT2D eigenvalue weighted by Gasteiger charge is 2.28. The summed E-state index contributed by atoms with van der Waals surface area (Å²) >= 11 is 1.30. The molecule has 6 nitrogen and oxygen atoms in total. The fourth-order valence-corrected chi connectivity index (χ4v) is 4.15. The highest BCUT2D eigenvalue weighted by Crippen LogP contribution is 2.33. The summed E-state index contributed by atoms with van der Waals surface area (Å²) in [6.07, 6.45) is 1.44. The number of methoxy groups -OCH3 is 1. The van der Waals surface area contributed by atoms with Gasteiger partial charge in [-0.2, -0.15) is 0 Å². The molecule has 8 heteroatoms. The predicted molar refractivity (Wildman–Crippen MR) is 129 cm³/mol. The number of nitrogens with zero attached hydrogens (tertiary/aromatic N) is 3. The number of anilines is 1. The number of aryl methyl sites for hydroxylation is 1. The standard InChI is InChI=1S/C25H28FN3O3S/c1-17-5-10-21(26)20(13-17)22-14-23(28-16-27-22)29(11-12-32-4)15-18-6-8-19(9-7-18)33-25(2,3)24(30)31/h5-10,13-14,16H,11-12,15H2,1-4H3,(H,30,31). The minimum Gasteiger partial charge on any atom is -0.480 e. The number of ether oxygens (including phenoxy) is 1. The molecule has 0 amide bonds. The van der Waals surface area contributed by atoms with Gasteiger partial charge in [-0.1, -0.05) is 23.8 Å². The number of carboxylic acid groups (broad SMARTS) is 1. The van der Waals surface area contributed by atoms with E-state index in [0.29, 0.717) is 36.8 Å². The van der Waals surface area contributed by atoms with E-state index >= 15 is 0 Å². The Morgan fingerprint density at radius 3 is 2.55 bits per heavy atom. The smallest absolute Gasteiger partial charge is 0.319 e. The molecule has 0 unspecified atom stereocenters. The first kappa shape index (κ1) is 24.7. The van der Waals surface area contributed by atoms with Crippen LogP contribution in [0.4, 0.5) is 10.2 Å². The van der Waals surface area contributed by atoms with Crippen molar-refractivity contribution in [1.82, 2.24) is 9.97 Å². The van der Waals surface area contributed by atoms with Crippen molar-refractivity contribution in [3.8, 4) is 11.3 Å². The zero-order chi connectivity index (χ0) is 24.0. The zero-order valence-electron chi connectivity index (χ0n) is 19.2. The summed E-state index contributed by atoms with van der Waals surface area (Å²) in [6.45, 7) is 6.93. The van der Waals surface area contributed by atoms with E-state index in [4.69, 9.17) is 4.74 Å². The van der Waals surface area contributed by atoms with Gasteiger partial charge in [-0.25, -0.2) is 14.4 Å². The van der Waals surface area contributed by atoms with Crippen LogP contribution in [0.3, 0.4) is 0 Å². The lowest BCUT2D eigenvalue weighted by molar-refractivity contribution is -0.138. The van der Waals surface area contributed by atoms with Gasteiger partial charge in [0.05, 0.1) is 12.3 Å². The van der Waals surface area contributed by atoms with Gasteiger partial charge in [0, 0.05) is 36.7 Å². The lowest BCUT2D eigenvalue weighted by Gasteiger charge is -2.24. The number of hydrogen-bond donors (Lipinski definition) is 1. The van der Waals surface area contributed by atoms with Crippen LogP contribution in [-0.4, -0.2) is 46.1 Å². The van der Waals surface area contributed by atoms with Crippen LogP contribution >= 0.6 is 11.8 Å². The number of carbonyl (C=O) groups is 1. The minimum absolute atomic E-state index is 0.328. The number of aromatic nitrogens is 2. The molecule has 0 fully saturated rings. The molecule has 0 saturated heterocycles. The van der Waals surface area contributed by atoms with Crippen molar-refractivity contribution in [3.05, 3.63) is 71.8 Å². The van der Waals surface area contributed by atoms with Crippen molar-refractivity contribution >= 4 is 23.5 Å². The second kappa shape index (κ2) is 10.8. The summed E-state index contributed by atoms with van der Waals surface area (Å²) in [5, 5.41) is 9.35. The molecule has 0 aliphatic rings. The normalized spacial score (nSPS) is 11.4. The van der Waals surface area contributed by atoms with Crippen LogP contribution < -0.4 is 4.90 Å². The molecule has 0 aliphatic heterocycles. The second-order valence-corrected chi connectivity index (χ2v) is 9.92. The van der Waals surface area contributed by atoms with Crippen LogP contribution in [0, 0.1) is 12.7 Å². The third-order valence-corrected chi connectivity index (χ3v) is 6.32. The first-order chi connectivity index (χ1) is 15.7. The maximum atomic E-state index is 14.4. The number of hydrogen-bond acceptors (Lipinski definition) is 6. The molecule has 0 saturated carbocycles. The summed E-state index contributed by atoms with van der Waals surface area (Å²) in [5.41, 5.74) is 2.94. The Labute approximate surface area is 197 Å². The van der Waals surface area contributed by atoms with Crippen molar-refractivity contribution in [2.45, 2.75) is 37.0 Å². The molecule has 1 heterocycles. The van der Waals surface area contributed by atoms with E-state index in [1.807, 2.05) is 36.1 Å². The maximum Gasteiger partial charge on any atom is 0.319 e. The number of benzene rings is 2. The van der Waals surface area contributed by atoms with Crippen molar-refractivity contribution in [1.29, 1.82) is 0 Å². The molecule has 0 spiro atoms. The molecule has 0 atom stereocenters. The van der Waals surface area contributed by atoms with Gasteiger partial charge >= 0.3 is 5.97 Å². The molecule has 1 N–H and O–H groups in total. The molecule has 0 radical (unpaired) electrons. The monoisotopic (exact) mass is 469 g/mol. The van der Waals surface area contributed by atoms with Crippen LogP contribution in [-0.2, 0) is 16.1 Å². The van der Waals surface area contributed by atoms with Crippen molar-refractivity contribution < 1.29 is 19.0 Å². The summed E-state index contributed by atoms with van der Waals surface area (Å²) in [6, 6.07) is 14.5. The van der Waals surface area contributed by atoms with Gasteiger partial charge in [0.1, 0.15) is 22.7 Å². The zero-order valence-corrected chi connectivity index (χ0v) is 20.0. The summed E-state index contributed by atoms with van der Waals surface area (Å²) in [7, 11) is 1.64. The van der Waals surface area contributed by atoms with E-state index in [9.17, 15) is 14.3 Å². The summed E-state index contributed by atoms with van der Waals surface area (Å²) in [5.74, 6) is -0.513. The van der Waals surface area contributed by atoms with E-state index in [1.54, 1.807) is 39.2 Å². The third-order valence-electron chi connectivity index (χ3n) is 5.12. The number of rotatable bonds is 10. The summed E-state index contributed by atoms with van der Waals surface area (Å²) in [4.78, 5) is 23.0. The van der Waals surface area contributed by atoms with Crippen molar-refractivity contribution in [2.75, 3.05) is 25.2 Å². The largest absolute Gasteiger partial charge is 0.480 e. The van der Waals surface area contributed by atoms with Crippen LogP contribution in [0.15, 0.2) is 59.8 Å². The SMILES string of the molecule is COCCN(Cc1ccc(SC(C)(C)C(=O)O)cc1)c1cc(-c2cc(C)ccc2F)ncn1. The molecular formula is C25H28FN3O3S. The first-order valence-corrected chi connectivity index (χ1v) is 11.3. The Hall–Kier alpha value is -2.97. The number of carboxylic acids is 1. The minimum atomic E-state index is -0.908. The number of aliphatic carboxylic acids is 1. The molecule has 0 bridgehead atoms. The van der Waals surface area contributed by atoms with Gasteiger partial charge in [-0.15, -0.1) is 11.8 Å². The van der Waals surface area contributed by atoms with Gasteiger partial charge in [0.25, 0.3) is 0 Å². The molecule has 33 heavy (non-hydrogen) atoms. The molecule has 3 rings (SSSR count). The average Bonchev–Trinajstić information content (AvgIpc) is 2.79. The van der Waals surface area contributed by atoms with Gasteiger partial charge in [0.15, 0.2) is 0 Å². The van der Waals surface area contributed by atoms with Gasteiger partial charge in [-0.3, -0.25) is 4.79 Å². The van der Waals surface area contributed by atoms with Crippen molar-refractivity contribution in [3.63, 3.8) is 0 Å². The van der Waals surface area contributed by atoms with E-state index in [2.05, 4.69) is 9.97 Å². The molecule has 174 valence electrons. The van der Waals surface area contributed by atoms with E-state index in [0.717, 1.165) is 16.0 Å². The topological polar surface area (TPSA) is 75.5 Å². The first-order valence-electron chi connectivity index (χ1n) is 10.5. The van der Waals surface area contributed by atoms with Crippen LogP contribution in [0.2, 0.25) is 0 Å². The Balaban J connectivity index is 1.83. The van der Waals surface area contributed by atoms with Gasteiger partial charge in [0.2, 0.25) is 0 Å². The maximum absolute atomic E-state index is 14.4. The Morgan fingerprint density at radius 1 is 1.15 bits per heavy atom. The Bertz CT molecular complexity index is 1110. The fraction of sp³-hybridized carbons (Fsp3) is 0.320.